The largest absolute Gasteiger partial charge is 0.355 e. The SMILES string of the molecule is CC(=O)NCCC#Cc1ccc(C(=O)NN)cc1. The first kappa shape index (κ1) is 13.7. The molecule has 94 valence electrons. The van der Waals surface area contributed by atoms with Crippen LogP contribution in [0, 0.1) is 11.8 Å². The zero-order valence-corrected chi connectivity index (χ0v) is 10.1. The number of hydrogen-bond acceptors (Lipinski definition) is 3. The minimum Gasteiger partial charge on any atom is -0.355 e. The van der Waals surface area contributed by atoms with Gasteiger partial charge in [0.2, 0.25) is 5.91 Å². The summed E-state index contributed by atoms with van der Waals surface area (Å²) >= 11 is 0. The first-order chi connectivity index (χ1) is 8.63. The summed E-state index contributed by atoms with van der Waals surface area (Å²) in [7, 11) is 0. The summed E-state index contributed by atoms with van der Waals surface area (Å²) in [4.78, 5) is 21.8. The van der Waals surface area contributed by atoms with Gasteiger partial charge >= 0.3 is 0 Å². The quantitative estimate of drug-likeness (QED) is 0.233. The van der Waals surface area contributed by atoms with Crippen LogP contribution in [0.4, 0.5) is 0 Å². The van der Waals surface area contributed by atoms with Gasteiger partial charge in [-0.2, -0.15) is 0 Å². The summed E-state index contributed by atoms with van der Waals surface area (Å²) in [6, 6.07) is 6.80. The van der Waals surface area contributed by atoms with Gasteiger partial charge in [-0.15, -0.1) is 0 Å². The monoisotopic (exact) mass is 245 g/mol. The highest BCUT2D eigenvalue weighted by molar-refractivity contribution is 5.93. The molecule has 18 heavy (non-hydrogen) atoms. The molecule has 5 heteroatoms. The van der Waals surface area contributed by atoms with Crippen molar-refractivity contribution in [1.29, 1.82) is 0 Å². The van der Waals surface area contributed by atoms with Gasteiger partial charge in [0.25, 0.3) is 5.91 Å². The Hall–Kier alpha value is -2.32. The minimum atomic E-state index is -0.333. The van der Waals surface area contributed by atoms with Gasteiger partial charge in [0, 0.05) is 31.0 Å². The second kappa shape index (κ2) is 7.09. The molecule has 0 saturated heterocycles. The number of carbonyl (C=O) groups is 2. The lowest BCUT2D eigenvalue weighted by molar-refractivity contribution is -0.118. The van der Waals surface area contributed by atoms with Crippen molar-refractivity contribution in [2.75, 3.05) is 6.54 Å². The van der Waals surface area contributed by atoms with Gasteiger partial charge < -0.3 is 5.32 Å². The molecule has 0 aliphatic carbocycles. The molecule has 0 saturated carbocycles. The highest BCUT2D eigenvalue weighted by Crippen LogP contribution is 2.02. The third-order valence-electron chi connectivity index (χ3n) is 2.13. The van der Waals surface area contributed by atoms with E-state index in [9.17, 15) is 9.59 Å². The number of rotatable bonds is 3. The Morgan fingerprint density at radius 3 is 2.50 bits per heavy atom. The summed E-state index contributed by atoms with van der Waals surface area (Å²) in [5.41, 5.74) is 3.35. The Kier molecular flexibility index (Phi) is 5.42. The maximum absolute atomic E-state index is 11.2. The topological polar surface area (TPSA) is 84.2 Å². The summed E-state index contributed by atoms with van der Waals surface area (Å²) in [6.07, 6.45) is 0.588. The molecule has 5 nitrogen and oxygen atoms in total. The molecule has 1 rings (SSSR count). The van der Waals surface area contributed by atoms with Gasteiger partial charge in [-0.3, -0.25) is 15.0 Å². The zero-order chi connectivity index (χ0) is 13.4. The molecule has 0 spiro atoms. The molecule has 0 radical (unpaired) electrons. The second-order valence-electron chi connectivity index (χ2n) is 3.59. The average Bonchev–Trinajstić information content (AvgIpc) is 2.38. The van der Waals surface area contributed by atoms with Gasteiger partial charge in [0.15, 0.2) is 0 Å². The summed E-state index contributed by atoms with van der Waals surface area (Å²) in [6.45, 7) is 2.00. The maximum Gasteiger partial charge on any atom is 0.265 e. The van der Waals surface area contributed by atoms with Crippen LogP contribution >= 0.6 is 0 Å². The van der Waals surface area contributed by atoms with Gasteiger partial charge in [-0.05, 0) is 24.3 Å². The summed E-state index contributed by atoms with van der Waals surface area (Å²) in [5.74, 6) is 10.5. The molecule has 4 N–H and O–H groups in total. The molecule has 0 aromatic heterocycles. The van der Waals surface area contributed by atoms with Crippen molar-refractivity contribution in [3.8, 4) is 11.8 Å². The van der Waals surface area contributed by atoms with Crippen LogP contribution in [0.1, 0.15) is 29.3 Å². The second-order valence-corrected chi connectivity index (χ2v) is 3.59. The van der Waals surface area contributed by atoms with E-state index in [0.717, 1.165) is 5.56 Å². The Labute approximate surface area is 106 Å². The van der Waals surface area contributed by atoms with E-state index in [-0.39, 0.29) is 11.8 Å². The van der Waals surface area contributed by atoms with Crippen LogP contribution < -0.4 is 16.6 Å². The fourth-order valence-electron chi connectivity index (χ4n) is 1.25. The highest BCUT2D eigenvalue weighted by Gasteiger charge is 2.01. The van der Waals surface area contributed by atoms with Crippen molar-refractivity contribution in [1.82, 2.24) is 10.7 Å². The molecule has 1 aromatic rings. The number of carbonyl (C=O) groups excluding carboxylic acids is 2. The molecule has 0 unspecified atom stereocenters. The van der Waals surface area contributed by atoms with Crippen LogP contribution in [0.15, 0.2) is 24.3 Å². The predicted molar refractivity (Wildman–Crippen MR) is 68.3 cm³/mol. The number of hydrogen-bond donors (Lipinski definition) is 3. The fraction of sp³-hybridized carbons (Fsp3) is 0.231. The van der Waals surface area contributed by atoms with Crippen LogP contribution in [0.25, 0.3) is 0 Å². The lowest BCUT2D eigenvalue weighted by Gasteiger charge is -1.98. The highest BCUT2D eigenvalue weighted by atomic mass is 16.2. The minimum absolute atomic E-state index is 0.0612. The number of amides is 2. The smallest absolute Gasteiger partial charge is 0.265 e. The normalized spacial score (nSPS) is 9.00. The van der Waals surface area contributed by atoms with Crippen molar-refractivity contribution >= 4 is 11.8 Å². The Balaban J connectivity index is 2.51. The van der Waals surface area contributed by atoms with Gasteiger partial charge in [0.05, 0.1) is 0 Å². The van der Waals surface area contributed by atoms with Crippen LogP contribution in [-0.2, 0) is 4.79 Å². The van der Waals surface area contributed by atoms with Crippen molar-refractivity contribution in [2.45, 2.75) is 13.3 Å². The van der Waals surface area contributed by atoms with E-state index in [1.807, 2.05) is 0 Å². The third-order valence-corrected chi connectivity index (χ3v) is 2.13. The molecule has 1 aromatic carbocycles. The van der Waals surface area contributed by atoms with E-state index in [0.29, 0.717) is 18.5 Å². The van der Waals surface area contributed by atoms with Gasteiger partial charge in [-0.1, -0.05) is 11.8 Å². The molecule has 0 heterocycles. The van der Waals surface area contributed by atoms with E-state index in [1.54, 1.807) is 24.3 Å². The number of nitrogens with two attached hydrogens (primary N) is 1. The molecule has 0 atom stereocenters. The molecular weight excluding hydrogens is 230 g/mol. The van der Waals surface area contributed by atoms with Crippen molar-refractivity contribution in [3.05, 3.63) is 35.4 Å². The van der Waals surface area contributed by atoms with E-state index in [4.69, 9.17) is 5.84 Å². The van der Waals surface area contributed by atoms with Crippen LogP contribution in [-0.4, -0.2) is 18.4 Å². The molecule has 0 aliphatic rings. The lowest BCUT2D eigenvalue weighted by Crippen LogP contribution is -2.29. The Bertz CT molecular complexity index is 483. The Morgan fingerprint density at radius 1 is 1.28 bits per heavy atom. The summed E-state index contributed by atoms with van der Waals surface area (Å²) < 4.78 is 0. The zero-order valence-electron chi connectivity index (χ0n) is 10.1. The number of nitrogen functional groups attached to an aromatic ring is 1. The molecule has 0 fully saturated rings. The number of nitrogens with one attached hydrogen (secondary N) is 2. The Morgan fingerprint density at radius 2 is 1.94 bits per heavy atom. The molecule has 0 bridgehead atoms. The van der Waals surface area contributed by atoms with E-state index in [1.165, 1.54) is 6.92 Å². The first-order valence-electron chi connectivity index (χ1n) is 5.48. The van der Waals surface area contributed by atoms with Crippen LogP contribution in [0.2, 0.25) is 0 Å². The third kappa shape index (κ3) is 4.68. The standard InChI is InChI=1S/C13H15N3O2/c1-10(17)15-9-3-2-4-11-5-7-12(8-6-11)13(18)16-14/h5-8H,3,9,14H2,1H3,(H,15,17)(H,16,18). The molecule has 0 aliphatic heterocycles. The van der Waals surface area contributed by atoms with Crippen molar-refractivity contribution < 1.29 is 9.59 Å². The fourth-order valence-corrected chi connectivity index (χ4v) is 1.25. The first-order valence-corrected chi connectivity index (χ1v) is 5.48. The average molecular weight is 245 g/mol. The van der Waals surface area contributed by atoms with Gasteiger partial charge in [0.1, 0.15) is 0 Å². The summed E-state index contributed by atoms with van der Waals surface area (Å²) in [5, 5.41) is 2.66. The maximum atomic E-state index is 11.2. The van der Waals surface area contributed by atoms with Crippen molar-refractivity contribution in [2.24, 2.45) is 5.84 Å². The van der Waals surface area contributed by atoms with Crippen molar-refractivity contribution in [3.63, 3.8) is 0 Å². The van der Waals surface area contributed by atoms with E-state index >= 15 is 0 Å². The van der Waals surface area contributed by atoms with E-state index < -0.39 is 0 Å². The van der Waals surface area contributed by atoms with Gasteiger partial charge in [-0.25, -0.2) is 5.84 Å². The van der Waals surface area contributed by atoms with Crippen LogP contribution in [0.5, 0.6) is 0 Å². The van der Waals surface area contributed by atoms with E-state index in [2.05, 4.69) is 22.6 Å². The number of hydrazine groups is 1. The lowest BCUT2D eigenvalue weighted by atomic mass is 10.1. The molecule has 2 amide bonds. The molecular formula is C13H15N3O2. The van der Waals surface area contributed by atoms with Crippen LogP contribution in [0.3, 0.4) is 0 Å². The number of benzene rings is 1. The predicted octanol–water partition coefficient (Wildman–Crippen LogP) is 0.168.